The van der Waals surface area contributed by atoms with Crippen LogP contribution in [0.25, 0.3) is 0 Å². The molecule has 4 heteroatoms. The quantitative estimate of drug-likeness (QED) is 0.866. The second-order valence-electron chi connectivity index (χ2n) is 6.40. The lowest BCUT2D eigenvalue weighted by Crippen LogP contribution is -2.44. The van der Waals surface area contributed by atoms with Gasteiger partial charge in [0.25, 0.3) is 0 Å². The van der Waals surface area contributed by atoms with Crippen LogP contribution in [0.5, 0.6) is 0 Å². The molecule has 114 valence electrons. The van der Waals surface area contributed by atoms with Gasteiger partial charge in [-0.3, -0.25) is 4.90 Å². The van der Waals surface area contributed by atoms with Crippen LogP contribution in [0.15, 0.2) is 16.5 Å². The van der Waals surface area contributed by atoms with Crippen LogP contribution in [0.4, 0.5) is 0 Å². The number of likely N-dealkylation sites (tertiary alicyclic amines) is 1. The molecule has 1 N–H and O–H groups in total. The first kappa shape index (κ1) is 15.5. The number of hydrogen-bond acceptors (Lipinski definition) is 4. The Morgan fingerprint density at radius 1 is 1.35 bits per heavy atom. The highest BCUT2D eigenvalue weighted by molar-refractivity contribution is 5.07. The van der Waals surface area contributed by atoms with Gasteiger partial charge in [-0.15, -0.1) is 0 Å². The van der Waals surface area contributed by atoms with Gasteiger partial charge in [-0.2, -0.15) is 0 Å². The molecule has 20 heavy (non-hydrogen) atoms. The lowest BCUT2D eigenvalue weighted by molar-refractivity contribution is 0.121. The highest BCUT2D eigenvalue weighted by atomic mass is 16.3. The Balaban J connectivity index is 1.83. The zero-order chi connectivity index (χ0) is 14.5. The molecule has 1 fully saturated rings. The molecule has 1 atom stereocenters. The average Bonchev–Trinajstić information content (AvgIpc) is 2.84. The number of rotatable bonds is 6. The van der Waals surface area contributed by atoms with Crippen LogP contribution >= 0.6 is 0 Å². The summed E-state index contributed by atoms with van der Waals surface area (Å²) in [4.78, 5) is 4.85. The summed E-state index contributed by atoms with van der Waals surface area (Å²) in [6.07, 6.45) is 2.59. The van der Waals surface area contributed by atoms with Crippen molar-refractivity contribution in [2.24, 2.45) is 0 Å². The Morgan fingerprint density at radius 3 is 2.80 bits per heavy atom. The Kier molecular flexibility index (Phi) is 5.64. The molecule has 0 aromatic carbocycles. The van der Waals surface area contributed by atoms with E-state index in [1.54, 1.807) is 0 Å². The number of hydrogen-bond donors (Lipinski definition) is 1. The molecule has 1 unspecified atom stereocenters. The number of nitrogens with one attached hydrogen (secondary N) is 1. The normalized spacial score (nSPS) is 21.0. The summed E-state index contributed by atoms with van der Waals surface area (Å²) >= 11 is 0. The van der Waals surface area contributed by atoms with Crippen molar-refractivity contribution in [1.29, 1.82) is 0 Å². The maximum atomic E-state index is 5.91. The minimum atomic E-state index is 0.492. The Labute approximate surface area is 123 Å². The first-order chi connectivity index (χ1) is 9.54. The van der Waals surface area contributed by atoms with Crippen molar-refractivity contribution in [2.45, 2.75) is 51.9 Å². The molecule has 0 bridgehead atoms. The van der Waals surface area contributed by atoms with Gasteiger partial charge in [-0.1, -0.05) is 13.8 Å². The molecule has 2 rings (SSSR count). The predicted molar refractivity (Wildman–Crippen MR) is 82.7 cm³/mol. The topological polar surface area (TPSA) is 31.6 Å². The van der Waals surface area contributed by atoms with Crippen molar-refractivity contribution in [3.05, 3.63) is 23.7 Å². The van der Waals surface area contributed by atoms with E-state index in [0.717, 1.165) is 31.2 Å². The van der Waals surface area contributed by atoms with Gasteiger partial charge in [-0.25, -0.2) is 0 Å². The van der Waals surface area contributed by atoms with Crippen molar-refractivity contribution in [2.75, 3.05) is 27.2 Å². The molecule has 2 heterocycles. The van der Waals surface area contributed by atoms with E-state index in [4.69, 9.17) is 4.42 Å². The highest BCUT2D eigenvalue weighted by Crippen LogP contribution is 2.17. The number of furan rings is 1. The highest BCUT2D eigenvalue weighted by Gasteiger charge is 2.22. The van der Waals surface area contributed by atoms with E-state index in [1.165, 1.54) is 19.4 Å². The molecule has 1 saturated heterocycles. The largest absolute Gasteiger partial charge is 0.463 e. The van der Waals surface area contributed by atoms with Crippen LogP contribution in [0.3, 0.4) is 0 Å². The second kappa shape index (κ2) is 7.25. The molecule has 0 aliphatic carbocycles. The molecule has 1 aromatic heterocycles. The smallest absolute Gasteiger partial charge is 0.118 e. The third kappa shape index (κ3) is 4.62. The van der Waals surface area contributed by atoms with Crippen molar-refractivity contribution in [3.8, 4) is 0 Å². The summed E-state index contributed by atoms with van der Waals surface area (Å²) in [7, 11) is 4.35. The SMILES string of the molecule is CC(C)NCc1ccc(CN2CCCC(N(C)C)C2)o1. The zero-order valence-electron chi connectivity index (χ0n) is 13.4. The van der Waals surface area contributed by atoms with Gasteiger partial charge in [0.1, 0.15) is 11.5 Å². The fraction of sp³-hybridized carbons (Fsp3) is 0.750. The standard InChI is InChI=1S/C16H29N3O/c1-13(2)17-10-15-7-8-16(20-15)12-19-9-5-6-14(11-19)18(3)4/h7-8,13-14,17H,5-6,9-12H2,1-4H3. The van der Waals surface area contributed by atoms with E-state index in [1.807, 2.05) is 0 Å². The van der Waals surface area contributed by atoms with Gasteiger partial charge < -0.3 is 14.6 Å². The summed E-state index contributed by atoms with van der Waals surface area (Å²) in [5, 5.41) is 3.39. The Hall–Kier alpha value is -0.840. The zero-order valence-corrected chi connectivity index (χ0v) is 13.4. The minimum absolute atomic E-state index is 0.492. The van der Waals surface area contributed by atoms with Crippen molar-refractivity contribution >= 4 is 0 Å². The van der Waals surface area contributed by atoms with Gasteiger partial charge in [0.05, 0.1) is 13.1 Å². The number of nitrogens with zero attached hydrogens (tertiary/aromatic N) is 2. The van der Waals surface area contributed by atoms with Gasteiger partial charge in [0, 0.05) is 18.6 Å². The molecular weight excluding hydrogens is 250 g/mol. The van der Waals surface area contributed by atoms with Gasteiger partial charge in [0.15, 0.2) is 0 Å². The first-order valence-corrected chi connectivity index (χ1v) is 7.74. The summed E-state index contributed by atoms with van der Waals surface area (Å²) in [5.41, 5.74) is 0. The van der Waals surface area contributed by atoms with Crippen LogP contribution in [0.2, 0.25) is 0 Å². The van der Waals surface area contributed by atoms with E-state index in [-0.39, 0.29) is 0 Å². The number of piperidine rings is 1. The van der Waals surface area contributed by atoms with Crippen molar-refractivity contribution in [3.63, 3.8) is 0 Å². The molecule has 1 aliphatic rings. The molecule has 4 nitrogen and oxygen atoms in total. The molecule has 0 saturated carbocycles. The van der Waals surface area contributed by atoms with E-state index < -0.39 is 0 Å². The van der Waals surface area contributed by atoms with Crippen molar-refractivity contribution < 1.29 is 4.42 Å². The van der Waals surface area contributed by atoms with Crippen LogP contribution in [-0.2, 0) is 13.1 Å². The lowest BCUT2D eigenvalue weighted by Gasteiger charge is -2.35. The first-order valence-electron chi connectivity index (χ1n) is 7.74. The van der Waals surface area contributed by atoms with E-state index in [2.05, 4.69) is 55.2 Å². The lowest BCUT2D eigenvalue weighted by atomic mass is 10.0. The molecule has 0 radical (unpaired) electrons. The average molecular weight is 279 g/mol. The van der Waals surface area contributed by atoms with Gasteiger partial charge in [-0.05, 0) is 45.6 Å². The molecule has 1 aromatic rings. The summed E-state index contributed by atoms with van der Waals surface area (Å²) < 4.78 is 5.91. The van der Waals surface area contributed by atoms with E-state index in [9.17, 15) is 0 Å². The maximum Gasteiger partial charge on any atom is 0.118 e. The molecule has 0 amide bonds. The summed E-state index contributed by atoms with van der Waals surface area (Å²) in [5.74, 6) is 2.12. The second-order valence-corrected chi connectivity index (χ2v) is 6.40. The molecule has 1 aliphatic heterocycles. The third-order valence-corrected chi connectivity index (χ3v) is 3.99. The van der Waals surface area contributed by atoms with Crippen LogP contribution in [-0.4, -0.2) is 49.1 Å². The van der Waals surface area contributed by atoms with Crippen LogP contribution in [0.1, 0.15) is 38.2 Å². The van der Waals surface area contributed by atoms with Crippen molar-refractivity contribution in [1.82, 2.24) is 15.1 Å². The minimum Gasteiger partial charge on any atom is -0.463 e. The Morgan fingerprint density at radius 2 is 2.10 bits per heavy atom. The van der Waals surface area contributed by atoms with E-state index in [0.29, 0.717) is 12.1 Å². The molecule has 0 spiro atoms. The van der Waals surface area contributed by atoms with E-state index >= 15 is 0 Å². The summed E-state index contributed by atoms with van der Waals surface area (Å²) in [6, 6.07) is 5.39. The van der Waals surface area contributed by atoms with Crippen LogP contribution in [0, 0.1) is 0 Å². The number of likely N-dealkylation sites (N-methyl/N-ethyl adjacent to an activating group) is 1. The third-order valence-electron chi connectivity index (χ3n) is 3.99. The van der Waals surface area contributed by atoms with Gasteiger partial charge in [0.2, 0.25) is 0 Å². The van der Waals surface area contributed by atoms with Crippen LogP contribution < -0.4 is 5.32 Å². The maximum absolute atomic E-state index is 5.91. The predicted octanol–water partition coefficient (Wildman–Crippen LogP) is 2.30. The van der Waals surface area contributed by atoms with Gasteiger partial charge >= 0.3 is 0 Å². The monoisotopic (exact) mass is 279 g/mol. The fourth-order valence-electron chi connectivity index (χ4n) is 2.72. The Bertz CT molecular complexity index is 400. The fourth-order valence-corrected chi connectivity index (χ4v) is 2.72. The summed E-state index contributed by atoms with van der Waals surface area (Å²) in [6.45, 7) is 8.39. The molecular formula is C16H29N3O.